The molecule has 0 atom stereocenters. The maximum atomic E-state index is 12.1. The Bertz CT molecular complexity index is 673. The van der Waals surface area contributed by atoms with Gasteiger partial charge in [-0.25, -0.2) is 0 Å². The van der Waals surface area contributed by atoms with Crippen LogP contribution in [0.3, 0.4) is 0 Å². The van der Waals surface area contributed by atoms with E-state index in [1.807, 2.05) is 42.5 Å². The van der Waals surface area contributed by atoms with Gasteiger partial charge in [0.15, 0.2) is 0 Å². The van der Waals surface area contributed by atoms with Crippen LogP contribution in [0.2, 0.25) is 0 Å². The van der Waals surface area contributed by atoms with E-state index in [0.29, 0.717) is 13.0 Å². The number of amides is 1. The maximum Gasteiger partial charge on any atom is 0.225 e. The fourth-order valence-corrected chi connectivity index (χ4v) is 2.85. The summed E-state index contributed by atoms with van der Waals surface area (Å²) in [7, 11) is 0. The summed E-state index contributed by atoms with van der Waals surface area (Å²) in [6, 6.07) is 15.7. The number of nitrogens with zero attached hydrogens (tertiary/aromatic N) is 1. The molecule has 0 saturated carbocycles. The van der Waals surface area contributed by atoms with Gasteiger partial charge in [0.05, 0.1) is 0 Å². The van der Waals surface area contributed by atoms with Crippen LogP contribution in [0, 0.1) is 0 Å². The number of carbonyl (C=O) groups is 1. The zero-order valence-corrected chi connectivity index (χ0v) is 14.4. The second-order valence-electron chi connectivity index (χ2n) is 5.54. The summed E-state index contributed by atoms with van der Waals surface area (Å²) in [6.07, 6.45) is 0.470. The summed E-state index contributed by atoms with van der Waals surface area (Å²) in [5, 5.41) is 2.93. The topological polar surface area (TPSA) is 41.6 Å². The van der Waals surface area contributed by atoms with Crippen LogP contribution < -0.4 is 10.1 Å². The van der Waals surface area contributed by atoms with E-state index in [9.17, 15) is 4.79 Å². The molecule has 1 amide bonds. The molecule has 1 N–H and O–H groups in total. The molecule has 2 aromatic carbocycles. The smallest absolute Gasteiger partial charge is 0.225 e. The van der Waals surface area contributed by atoms with E-state index >= 15 is 0 Å². The van der Waals surface area contributed by atoms with Crippen molar-refractivity contribution in [2.75, 3.05) is 25.0 Å². The monoisotopic (exact) mass is 374 g/mol. The molecule has 1 aliphatic rings. The van der Waals surface area contributed by atoms with Gasteiger partial charge in [-0.15, -0.1) is 0 Å². The lowest BCUT2D eigenvalue weighted by Crippen LogP contribution is -2.29. The molecule has 0 unspecified atom stereocenters. The number of ether oxygens (including phenoxy) is 1. The molecule has 0 aromatic heterocycles. The van der Waals surface area contributed by atoms with Crippen molar-refractivity contribution in [2.24, 2.45) is 0 Å². The van der Waals surface area contributed by atoms with E-state index in [1.165, 1.54) is 5.56 Å². The van der Waals surface area contributed by atoms with Gasteiger partial charge in [-0.2, -0.15) is 0 Å². The zero-order chi connectivity index (χ0) is 16.1. The summed E-state index contributed by atoms with van der Waals surface area (Å²) in [6.45, 7) is 3.04. The third-order valence-corrected chi connectivity index (χ3v) is 4.34. The molecule has 4 nitrogen and oxygen atoms in total. The highest BCUT2D eigenvalue weighted by atomic mass is 79.9. The van der Waals surface area contributed by atoms with Gasteiger partial charge < -0.3 is 10.1 Å². The lowest BCUT2D eigenvalue weighted by molar-refractivity contribution is -0.116. The molecule has 0 bridgehead atoms. The molecule has 0 spiro atoms. The first kappa shape index (κ1) is 16.0. The number of carbonyl (C=O) groups excluding carboxylic acids is 1. The van der Waals surface area contributed by atoms with Crippen LogP contribution in [0.25, 0.3) is 0 Å². The summed E-state index contributed by atoms with van der Waals surface area (Å²) in [5.41, 5.74) is 2.00. The van der Waals surface area contributed by atoms with Gasteiger partial charge in [-0.05, 0) is 30.3 Å². The van der Waals surface area contributed by atoms with Crippen molar-refractivity contribution in [3.8, 4) is 5.75 Å². The summed E-state index contributed by atoms with van der Waals surface area (Å²) >= 11 is 3.38. The molecule has 1 aliphatic heterocycles. The average Bonchev–Trinajstić information content (AvgIpc) is 2.77. The average molecular weight is 375 g/mol. The lowest BCUT2D eigenvalue weighted by Gasteiger charge is -2.18. The Hall–Kier alpha value is -1.85. The van der Waals surface area contributed by atoms with Gasteiger partial charge >= 0.3 is 0 Å². The number of fused-ring (bicyclic) bond motifs is 1. The molecule has 3 rings (SSSR count). The van der Waals surface area contributed by atoms with Crippen molar-refractivity contribution >= 4 is 27.5 Å². The molecule has 0 radical (unpaired) electrons. The Morgan fingerprint density at radius 3 is 2.78 bits per heavy atom. The molecule has 0 fully saturated rings. The Balaban J connectivity index is 1.52. The number of rotatable bonds is 4. The molecule has 0 aliphatic carbocycles. The second kappa shape index (κ2) is 7.62. The molecule has 120 valence electrons. The Morgan fingerprint density at radius 1 is 1.17 bits per heavy atom. The number of anilines is 1. The fraction of sp³-hybridized carbons (Fsp3) is 0.278. The summed E-state index contributed by atoms with van der Waals surface area (Å²) < 4.78 is 6.74. The lowest BCUT2D eigenvalue weighted by atomic mass is 10.2. The Labute approximate surface area is 144 Å². The van der Waals surface area contributed by atoms with Crippen LogP contribution in [-0.2, 0) is 11.3 Å². The predicted octanol–water partition coefficient (Wildman–Crippen LogP) is 3.67. The number of hydrogen-bond donors (Lipinski definition) is 1. The van der Waals surface area contributed by atoms with Crippen LogP contribution in [-0.4, -0.2) is 30.5 Å². The normalized spacial score (nSPS) is 14.5. The maximum absolute atomic E-state index is 12.1. The number of para-hydroxylation sites is 1. The number of nitrogens with one attached hydrogen (secondary N) is 1. The number of hydrogen-bond acceptors (Lipinski definition) is 3. The van der Waals surface area contributed by atoms with E-state index in [4.69, 9.17) is 4.74 Å². The zero-order valence-electron chi connectivity index (χ0n) is 12.8. The SMILES string of the molecule is O=C(CCN1CCOc2ccccc2C1)Nc1ccc(Br)cc1. The largest absolute Gasteiger partial charge is 0.492 e. The van der Waals surface area contributed by atoms with Crippen LogP contribution >= 0.6 is 15.9 Å². The van der Waals surface area contributed by atoms with Crippen molar-refractivity contribution in [2.45, 2.75) is 13.0 Å². The molecule has 2 aromatic rings. The number of halogens is 1. The molecular weight excluding hydrogens is 356 g/mol. The quantitative estimate of drug-likeness (QED) is 0.887. The van der Waals surface area contributed by atoms with Crippen LogP contribution in [0.4, 0.5) is 5.69 Å². The standard InChI is InChI=1S/C18H19BrN2O2/c19-15-5-7-16(8-6-15)20-18(22)9-10-21-11-12-23-17-4-2-1-3-14(17)13-21/h1-8H,9-13H2,(H,20,22). The second-order valence-corrected chi connectivity index (χ2v) is 6.45. The van der Waals surface area contributed by atoms with Gasteiger partial charge in [-0.1, -0.05) is 34.1 Å². The third-order valence-electron chi connectivity index (χ3n) is 3.81. The Morgan fingerprint density at radius 2 is 1.96 bits per heavy atom. The minimum absolute atomic E-state index is 0.0331. The van der Waals surface area contributed by atoms with E-state index in [1.54, 1.807) is 0 Å². The van der Waals surface area contributed by atoms with Crippen molar-refractivity contribution in [3.63, 3.8) is 0 Å². The minimum atomic E-state index is 0.0331. The van der Waals surface area contributed by atoms with Crippen molar-refractivity contribution in [1.82, 2.24) is 4.90 Å². The highest BCUT2D eigenvalue weighted by Crippen LogP contribution is 2.22. The van der Waals surface area contributed by atoms with Crippen LogP contribution in [0.15, 0.2) is 53.0 Å². The molecule has 0 saturated heterocycles. The van der Waals surface area contributed by atoms with Crippen molar-refractivity contribution in [3.05, 3.63) is 58.6 Å². The van der Waals surface area contributed by atoms with Crippen molar-refractivity contribution < 1.29 is 9.53 Å². The van der Waals surface area contributed by atoms with Gasteiger partial charge in [0.25, 0.3) is 0 Å². The Kier molecular flexibility index (Phi) is 5.31. The van der Waals surface area contributed by atoms with E-state index < -0.39 is 0 Å². The molecular formula is C18H19BrN2O2. The highest BCUT2D eigenvalue weighted by molar-refractivity contribution is 9.10. The first-order valence-electron chi connectivity index (χ1n) is 7.69. The first-order chi connectivity index (χ1) is 11.2. The van der Waals surface area contributed by atoms with Gasteiger partial charge in [0.1, 0.15) is 12.4 Å². The van der Waals surface area contributed by atoms with E-state index in [0.717, 1.165) is 35.5 Å². The minimum Gasteiger partial charge on any atom is -0.492 e. The molecule has 23 heavy (non-hydrogen) atoms. The first-order valence-corrected chi connectivity index (χ1v) is 8.48. The van der Waals surface area contributed by atoms with Gasteiger partial charge in [0, 0.05) is 41.8 Å². The van der Waals surface area contributed by atoms with E-state index in [2.05, 4.69) is 32.2 Å². The van der Waals surface area contributed by atoms with E-state index in [-0.39, 0.29) is 5.91 Å². The van der Waals surface area contributed by atoms with Gasteiger partial charge in [-0.3, -0.25) is 9.69 Å². The molecule has 1 heterocycles. The van der Waals surface area contributed by atoms with Gasteiger partial charge in [0.2, 0.25) is 5.91 Å². The van der Waals surface area contributed by atoms with Crippen LogP contribution in [0.5, 0.6) is 5.75 Å². The van der Waals surface area contributed by atoms with Crippen LogP contribution in [0.1, 0.15) is 12.0 Å². The van der Waals surface area contributed by atoms with Crippen molar-refractivity contribution in [1.29, 1.82) is 0 Å². The summed E-state index contributed by atoms with van der Waals surface area (Å²) in [5.74, 6) is 0.986. The predicted molar refractivity (Wildman–Crippen MR) is 94.6 cm³/mol. The summed E-state index contributed by atoms with van der Waals surface area (Å²) in [4.78, 5) is 14.3. The number of benzene rings is 2. The third kappa shape index (κ3) is 4.56. The highest BCUT2D eigenvalue weighted by Gasteiger charge is 2.15. The fourth-order valence-electron chi connectivity index (χ4n) is 2.59. The molecule has 5 heteroatoms.